The number of ether oxygens (including phenoxy) is 1. The lowest BCUT2D eigenvalue weighted by Crippen LogP contribution is -2.44. The third-order valence-corrected chi connectivity index (χ3v) is 4.57. The summed E-state index contributed by atoms with van der Waals surface area (Å²) in [5, 5.41) is 9.10. The fraction of sp³-hybridized carbons (Fsp3) is 0.0500. The molecule has 28 heavy (non-hydrogen) atoms. The van der Waals surface area contributed by atoms with Crippen molar-refractivity contribution in [1.29, 1.82) is 0 Å². The molecule has 0 radical (unpaired) electrons. The number of hydrogen-bond donors (Lipinski definition) is 1. The fourth-order valence-electron chi connectivity index (χ4n) is 3.18. The molecule has 1 aromatic carbocycles. The van der Waals surface area contributed by atoms with Gasteiger partial charge in [-0.2, -0.15) is 4.99 Å². The zero-order valence-corrected chi connectivity index (χ0v) is 15.0. The molecule has 0 aliphatic carbocycles. The third-order valence-electron chi connectivity index (χ3n) is 4.57. The van der Waals surface area contributed by atoms with Crippen LogP contribution in [0.5, 0.6) is 5.88 Å². The first-order chi connectivity index (χ1) is 13.8. The van der Waals surface area contributed by atoms with E-state index in [0.29, 0.717) is 17.7 Å². The number of anilines is 1. The second kappa shape index (κ2) is 6.36. The first-order valence-electron chi connectivity index (χ1n) is 8.68. The van der Waals surface area contributed by atoms with Crippen LogP contribution in [0.25, 0.3) is 10.9 Å². The molecule has 2 aliphatic heterocycles. The van der Waals surface area contributed by atoms with Crippen molar-refractivity contribution in [3.05, 3.63) is 67.3 Å². The van der Waals surface area contributed by atoms with Crippen LogP contribution >= 0.6 is 0 Å². The molecule has 1 unspecified atom stereocenters. The lowest BCUT2D eigenvalue weighted by atomic mass is 10.2. The molecule has 8 heteroatoms. The molecule has 136 valence electrons. The summed E-state index contributed by atoms with van der Waals surface area (Å²) in [5.74, 6) is 1.72. The Labute approximate surface area is 160 Å². The fourth-order valence-corrected chi connectivity index (χ4v) is 3.18. The van der Waals surface area contributed by atoms with Gasteiger partial charge >= 0.3 is 0 Å². The number of pyridine rings is 2. The standard InChI is InChI=1S/C20H16N7O/c1-28-19-7-5-15(12-23-19)24-20-25-18-13-21-9-10-27(18,26-20)16-6-4-14-3-2-8-22-17(14)11-16/h2-13H,1H3,(H,24,26)/q+1. The molecular formula is C20H16N7O+. The van der Waals surface area contributed by atoms with Crippen LogP contribution in [0.3, 0.4) is 0 Å². The number of quaternary nitrogens is 1. The number of nitrogens with one attached hydrogen (secondary N) is 1. The topological polar surface area (TPSA) is 84.1 Å². The van der Waals surface area contributed by atoms with Crippen LogP contribution in [0.15, 0.2) is 82.3 Å². The van der Waals surface area contributed by atoms with Crippen molar-refractivity contribution in [2.24, 2.45) is 15.1 Å². The number of fused-ring (bicyclic) bond motifs is 2. The molecule has 0 bridgehead atoms. The molecule has 8 nitrogen and oxygen atoms in total. The Morgan fingerprint density at radius 1 is 1.07 bits per heavy atom. The highest BCUT2D eigenvalue weighted by atomic mass is 16.5. The van der Waals surface area contributed by atoms with Crippen molar-refractivity contribution in [2.45, 2.75) is 0 Å². The predicted octanol–water partition coefficient (Wildman–Crippen LogP) is 3.30. The van der Waals surface area contributed by atoms with E-state index in [1.165, 1.54) is 0 Å². The summed E-state index contributed by atoms with van der Waals surface area (Å²) < 4.78 is 5.19. The first-order valence-corrected chi connectivity index (χ1v) is 8.68. The summed E-state index contributed by atoms with van der Waals surface area (Å²) >= 11 is 0. The lowest BCUT2D eigenvalue weighted by Gasteiger charge is -2.23. The van der Waals surface area contributed by atoms with E-state index in [-0.39, 0.29) is 4.59 Å². The highest BCUT2D eigenvalue weighted by molar-refractivity contribution is 6.38. The summed E-state index contributed by atoms with van der Waals surface area (Å²) in [6.45, 7) is 0. The Morgan fingerprint density at radius 3 is 2.89 bits per heavy atom. The molecular weight excluding hydrogens is 354 g/mol. The largest absolute Gasteiger partial charge is 0.481 e. The van der Waals surface area contributed by atoms with E-state index in [4.69, 9.17) is 9.84 Å². The first kappa shape index (κ1) is 16.3. The smallest absolute Gasteiger partial charge is 0.287 e. The van der Waals surface area contributed by atoms with Gasteiger partial charge in [0.05, 0.1) is 30.7 Å². The van der Waals surface area contributed by atoms with E-state index in [2.05, 4.69) is 25.3 Å². The van der Waals surface area contributed by atoms with Crippen molar-refractivity contribution in [1.82, 2.24) is 14.6 Å². The second-order valence-electron chi connectivity index (χ2n) is 6.25. The van der Waals surface area contributed by atoms with Crippen LogP contribution in [0, 0.1) is 0 Å². The van der Waals surface area contributed by atoms with Gasteiger partial charge in [0.2, 0.25) is 5.88 Å². The van der Waals surface area contributed by atoms with Crippen LogP contribution in [0.4, 0.5) is 11.4 Å². The number of rotatable bonds is 3. The molecule has 0 amide bonds. The highest BCUT2D eigenvalue weighted by Crippen LogP contribution is 2.33. The van der Waals surface area contributed by atoms with Crippen LogP contribution in [0.1, 0.15) is 0 Å². The summed E-state index contributed by atoms with van der Waals surface area (Å²) in [5.41, 5.74) is 2.60. The van der Waals surface area contributed by atoms with Gasteiger partial charge in [-0.25, -0.2) is 4.98 Å². The number of aromatic nitrogens is 2. The van der Waals surface area contributed by atoms with Gasteiger partial charge in [0, 0.05) is 29.8 Å². The van der Waals surface area contributed by atoms with Gasteiger partial charge in [-0.3, -0.25) is 9.98 Å². The molecule has 0 saturated heterocycles. The van der Waals surface area contributed by atoms with Gasteiger partial charge in [0.25, 0.3) is 11.8 Å². The van der Waals surface area contributed by atoms with Crippen molar-refractivity contribution >= 4 is 40.3 Å². The predicted molar refractivity (Wildman–Crippen MR) is 110 cm³/mol. The number of guanidine groups is 1. The van der Waals surface area contributed by atoms with Crippen LogP contribution in [0.2, 0.25) is 0 Å². The number of benzene rings is 1. The van der Waals surface area contributed by atoms with E-state index in [9.17, 15) is 0 Å². The molecule has 1 atom stereocenters. The maximum absolute atomic E-state index is 5.09. The lowest BCUT2D eigenvalue weighted by molar-refractivity contribution is 0.398. The summed E-state index contributed by atoms with van der Waals surface area (Å²) in [7, 11) is 1.58. The van der Waals surface area contributed by atoms with Gasteiger partial charge in [-0.05, 0) is 23.3 Å². The summed E-state index contributed by atoms with van der Waals surface area (Å²) in [6.07, 6.45) is 8.79. The normalized spacial score (nSPS) is 19.9. The van der Waals surface area contributed by atoms with Crippen molar-refractivity contribution in [3.8, 4) is 5.88 Å². The molecule has 0 fully saturated rings. The monoisotopic (exact) mass is 370 g/mol. The quantitative estimate of drug-likeness (QED) is 0.717. The Bertz CT molecular complexity index is 1180. The number of aliphatic imine (C=N–C) groups is 2. The second-order valence-corrected chi connectivity index (χ2v) is 6.25. The molecule has 0 saturated carbocycles. The summed E-state index contributed by atoms with van der Waals surface area (Å²) in [6, 6.07) is 13.7. The Hall–Kier alpha value is -3.91. The van der Waals surface area contributed by atoms with E-state index >= 15 is 0 Å². The van der Waals surface area contributed by atoms with E-state index in [1.807, 2.05) is 42.6 Å². The molecule has 0 spiro atoms. The number of amidine groups is 1. The molecule has 5 rings (SSSR count). The van der Waals surface area contributed by atoms with Gasteiger partial charge in [0.15, 0.2) is 11.9 Å². The van der Waals surface area contributed by atoms with Crippen molar-refractivity contribution in [2.75, 3.05) is 12.4 Å². The minimum absolute atomic E-state index is 0.0991. The molecule has 2 aliphatic rings. The van der Waals surface area contributed by atoms with E-state index in [0.717, 1.165) is 22.3 Å². The highest BCUT2D eigenvalue weighted by Gasteiger charge is 2.42. The van der Waals surface area contributed by atoms with Crippen molar-refractivity contribution in [3.63, 3.8) is 0 Å². The number of hydrogen-bond acceptors (Lipinski definition) is 7. The number of nitrogens with zero attached hydrogens (tertiary/aromatic N) is 6. The zero-order valence-electron chi connectivity index (χ0n) is 15.0. The van der Waals surface area contributed by atoms with E-state index in [1.54, 1.807) is 38.0 Å². The Morgan fingerprint density at radius 2 is 2.04 bits per heavy atom. The molecule has 3 aromatic rings. The van der Waals surface area contributed by atoms with Crippen molar-refractivity contribution < 1.29 is 4.74 Å². The number of methoxy groups -OCH3 is 1. The maximum atomic E-state index is 5.09. The van der Waals surface area contributed by atoms with Gasteiger partial charge in [0.1, 0.15) is 6.21 Å². The van der Waals surface area contributed by atoms with Crippen LogP contribution in [-0.2, 0) is 0 Å². The SMILES string of the molecule is COc1ccc(NC2=N[N+]3(c4ccc5cccnc5c4)C=CN=CC3=N2)cn1. The average Bonchev–Trinajstić information content (AvgIpc) is 3.13. The minimum Gasteiger partial charge on any atom is -0.481 e. The molecule has 2 aromatic heterocycles. The van der Waals surface area contributed by atoms with E-state index < -0.39 is 0 Å². The molecule has 4 heterocycles. The third kappa shape index (κ3) is 2.63. The Balaban J connectivity index is 1.55. The molecule has 1 N–H and O–H groups in total. The Kier molecular flexibility index (Phi) is 3.70. The van der Waals surface area contributed by atoms with Gasteiger partial charge in [-0.1, -0.05) is 10.7 Å². The maximum Gasteiger partial charge on any atom is 0.287 e. The van der Waals surface area contributed by atoms with Gasteiger partial charge < -0.3 is 10.1 Å². The summed E-state index contributed by atoms with van der Waals surface area (Å²) in [4.78, 5) is 17.5. The zero-order chi connectivity index (χ0) is 19.0. The van der Waals surface area contributed by atoms with Crippen LogP contribution < -0.4 is 14.6 Å². The van der Waals surface area contributed by atoms with Crippen LogP contribution in [-0.4, -0.2) is 35.1 Å². The van der Waals surface area contributed by atoms with Gasteiger partial charge in [-0.15, -0.1) is 0 Å². The average molecular weight is 370 g/mol. The minimum atomic E-state index is 0.0991.